The number of amides is 1. The summed E-state index contributed by atoms with van der Waals surface area (Å²) in [7, 11) is 0. The van der Waals surface area contributed by atoms with Crippen molar-refractivity contribution in [2.75, 3.05) is 31.1 Å². The van der Waals surface area contributed by atoms with Crippen LogP contribution in [0.4, 0.5) is 5.82 Å². The third-order valence-corrected chi connectivity index (χ3v) is 6.39. The number of carbonyl (C=O) groups is 1. The molecule has 1 saturated carbocycles. The molecule has 1 saturated heterocycles. The highest BCUT2D eigenvalue weighted by molar-refractivity contribution is 5.88. The second-order valence-corrected chi connectivity index (χ2v) is 8.52. The van der Waals surface area contributed by atoms with Crippen molar-refractivity contribution in [3.8, 4) is 5.69 Å². The number of aromatic nitrogens is 4. The van der Waals surface area contributed by atoms with Gasteiger partial charge >= 0.3 is 0 Å². The summed E-state index contributed by atoms with van der Waals surface area (Å²) < 4.78 is 1.88. The first-order valence-corrected chi connectivity index (χ1v) is 10.9. The molecular formula is C23H28N6O. The monoisotopic (exact) mass is 404 g/mol. The maximum atomic E-state index is 12.8. The summed E-state index contributed by atoms with van der Waals surface area (Å²) in [5.74, 6) is 2.25. The fourth-order valence-electron chi connectivity index (χ4n) is 4.68. The Morgan fingerprint density at radius 3 is 2.37 bits per heavy atom. The zero-order valence-electron chi connectivity index (χ0n) is 17.7. The molecule has 2 fully saturated rings. The largest absolute Gasteiger partial charge is 0.352 e. The topological polar surface area (TPSA) is 67.2 Å². The van der Waals surface area contributed by atoms with E-state index in [1.807, 2.05) is 22.7 Å². The summed E-state index contributed by atoms with van der Waals surface area (Å²) in [5.41, 5.74) is 3.03. The lowest BCUT2D eigenvalue weighted by molar-refractivity contribution is -0.135. The fraction of sp³-hybridized carbons (Fsp3) is 0.478. The molecule has 5 rings (SSSR count). The minimum absolute atomic E-state index is 0.247. The molecule has 30 heavy (non-hydrogen) atoms. The number of hydrogen-bond donors (Lipinski definition) is 0. The molecule has 0 spiro atoms. The first-order chi connectivity index (χ1) is 14.6. The lowest BCUT2D eigenvalue weighted by atomic mass is 10.1. The number of carbonyl (C=O) groups excluding carboxylic acids is 1. The number of anilines is 1. The van der Waals surface area contributed by atoms with Gasteiger partial charge in [-0.2, -0.15) is 5.10 Å². The lowest BCUT2D eigenvalue weighted by Gasteiger charge is -2.36. The molecule has 7 nitrogen and oxygen atoms in total. The van der Waals surface area contributed by atoms with Crippen LogP contribution in [0.15, 0.2) is 30.5 Å². The number of nitrogens with zero attached hydrogens (tertiary/aromatic N) is 6. The van der Waals surface area contributed by atoms with Gasteiger partial charge in [-0.25, -0.2) is 14.6 Å². The van der Waals surface area contributed by atoms with Crippen LogP contribution in [0, 0.1) is 19.8 Å². The van der Waals surface area contributed by atoms with Crippen LogP contribution in [0.5, 0.6) is 0 Å². The summed E-state index contributed by atoms with van der Waals surface area (Å²) in [4.78, 5) is 26.5. The van der Waals surface area contributed by atoms with Gasteiger partial charge in [0.05, 0.1) is 17.3 Å². The van der Waals surface area contributed by atoms with Gasteiger partial charge in [0.25, 0.3) is 0 Å². The summed E-state index contributed by atoms with van der Waals surface area (Å²) in [6.45, 7) is 7.10. The van der Waals surface area contributed by atoms with Crippen molar-refractivity contribution in [3.63, 3.8) is 0 Å². The molecule has 3 heterocycles. The predicted molar refractivity (Wildman–Crippen MR) is 117 cm³/mol. The highest BCUT2D eigenvalue weighted by Gasteiger charge is 2.30. The van der Waals surface area contributed by atoms with Crippen LogP contribution in [0.3, 0.4) is 0 Å². The highest BCUT2D eigenvalue weighted by Crippen LogP contribution is 2.29. The van der Waals surface area contributed by atoms with Crippen LogP contribution in [0.1, 0.15) is 37.1 Å². The number of fused-ring (bicyclic) bond motifs is 1. The lowest BCUT2D eigenvalue weighted by Crippen LogP contribution is -2.50. The summed E-state index contributed by atoms with van der Waals surface area (Å²) >= 11 is 0. The van der Waals surface area contributed by atoms with Crippen LogP contribution in [-0.4, -0.2) is 56.7 Å². The molecule has 0 unspecified atom stereocenters. The quantitative estimate of drug-likeness (QED) is 0.670. The maximum absolute atomic E-state index is 12.8. The second kappa shape index (κ2) is 7.70. The zero-order chi connectivity index (χ0) is 20.7. The van der Waals surface area contributed by atoms with E-state index in [2.05, 4.69) is 46.2 Å². The number of hydrogen-bond acceptors (Lipinski definition) is 5. The van der Waals surface area contributed by atoms with Crippen LogP contribution in [-0.2, 0) is 4.79 Å². The standard InChI is InChI=1S/C23H28N6O/c1-16-7-9-19(10-8-16)29-22-20(15-24-29)21(25-17(2)26-22)27-11-13-28(14-12-27)23(30)18-5-3-4-6-18/h7-10,15,18H,3-6,11-14H2,1-2H3. The van der Waals surface area contributed by atoms with E-state index in [4.69, 9.17) is 4.98 Å². The fourth-order valence-corrected chi connectivity index (χ4v) is 4.68. The number of aryl methyl sites for hydroxylation is 2. The Kier molecular flexibility index (Phi) is 4.89. The molecule has 0 N–H and O–H groups in total. The molecule has 1 amide bonds. The normalized spacial score (nSPS) is 17.8. The van der Waals surface area contributed by atoms with E-state index in [0.717, 1.165) is 67.4 Å². The van der Waals surface area contributed by atoms with Gasteiger partial charge in [0.15, 0.2) is 5.65 Å². The minimum Gasteiger partial charge on any atom is -0.352 e. The Labute approximate surface area is 176 Å². The Morgan fingerprint density at radius 1 is 0.967 bits per heavy atom. The predicted octanol–water partition coefficient (Wildman–Crippen LogP) is 3.27. The first-order valence-electron chi connectivity index (χ1n) is 10.9. The van der Waals surface area contributed by atoms with Crippen LogP contribution >= 0.6 is 0 Å². The molecule has 0 atom stereocenters. The van der Waals surface area contributed by atoms with Gasteiger partial charge < -0.3 is 9.80 Å². The van der Waals surface area contributed by atoms with Gasteiger partial charge in [0, 0.05) is 32.1 Å². The van der Waals surface area contributed by atoms with Gasteiger partial charge in [0.1, 0.15) is 11.6 Å². The Balaban J connectivity index is 1.40. The van der Waals surface area contributed by atoms with E-state index in [1.54, 1.807) is 0 Å². The summed E-state index contributed by atoms with van der Waals surface area (Å²) in [5, 5.41) is 5.57. The van der Waals surface area contributed by atoms with E-state index in [0.29, 0.717) is 5.91 Å². The molecule has 7 heteroatoms. The van der Waals surface area contributed by atoms with Gasteiger partial charge in [-0.15, -0.1) is 0 Å². The molecule has 0 bridgehead atoms. The Bertz CT molecular complexity index is 1060. The Hall–Kier alpha value is -2.96. The van der Waals surface area contributed by atoms with Gasteiger partial charge in [0.2, 0.25) is 5.91 Å². The molecule has 156 valence electrons. The molecule has 3 aromatic rings. The van der Waals surface area contributed by atoms with Crippen molar-refractivity contribution in [2.45, 2.75) is 39.5 Å². The summed E-state index contributed by atoms with van der Waals surface area (Å²) in [6, 6.07) is 8.29. The van der Waals surface area contributed by atoms with Crippen molar-refractivity contribution in [3.05, 3.63) is 41.9 Å². The average Bonchev–Trinajstić information content (AvgIpc) is 3.44. The van der Waals surface area contributed by atoms with Crippen LogP contribution < -0.4 is 4.90 Å². The van der Waals surface area contributed by atoms with Crippen molar-refractivity contribution in [1.82, 2.24) is 24.6 Å². The third-order valence-electron chi connectivity index (χ3n) is 6.39. The number of benzene rings is 1. The van der Waals surface area contributed by atoms with E-state index < -0.39 is 0 Å². The molecule has 2 aromatic heterocycles. The van der Waals surface area contributed by atoms with Crippen molar-refractivity contribution in [2.24, 2.45) is 5.92 Å². The molecule has 0 radical (unpaired) electrons. The van der Waals surface area contributed by atoms with E-state index >= 15 is 0 Å². The van der Waals surface area contributed by atoms with Gasteiger partial charge in [-0.05, 0) is 38.8 Å². The van der Waals surface area contributed by atoms with Crippen LogP contribution in [0.25, 0.3) is 16.7 Å². The number of rotatable bonds is 3. The van der Waals surface area contributed by atoms with Gasteiger partial charge in [-0.3, -0.25) is 4.79 Å². The van der Waals surface area contributed by atoms with Gasteiger partial charge in [-0.1, -0.05) is 30.5 Å². The van der Waals surface area contributed by atoms with Crippen molar-refractivity contribution >= 4 is 22.8 Å². The third kappa shape index (κ3) is 3.42. The molecule has 1 aliphatic carbocycles. The second-order valence-electron chi connectivity index (χ2n) is 8.52. The molecule has 1 aromatic carbocycles. The zero-order valence-corrected chi connectivity index (χ0v) is 17.7. The van der Waals surface area contributed by atoms with E-state index in [1.165, 1.54) is 18.4 Å². The smallest absolute Gasteiger partial charge is 0.225 e. The molecule has 2 aliphatic rings. The number of piperazine rings is 1. The summed E-state index contributed by atoms with van der Waals surface area (Å²) in [6.07, 6.45) is 6.37. The molecule has 1 aliphatic heterocycles. The van der Waals surface area contributed by atoms with Crippen LogP contribution in [0.2, 0.25) is 0 Å². The molecular weight excluding hydrogens is 376 g/mol. The first kappa shape index (κ1) is 19.0. The van der Waals surface area contributed by atoms with E-state index in [-0.39, 0.29) is 5.92 Å². The Morgan fingerprint density at radius 2 is 1.67 bits per heavy atom. The average molecular weight is 405 g/mol. The SMILES string of the molecule is Cc1ccc(-n2ncc3c(N4CCN(C(=O)C5CCCC5)CC4)nc(C)nc32)cc1. The minimum atomic E-state index is 0.247. The highest BCUT2D eigenvalue weighted by atomic mass is 16.2. The van der Waals surface area contributed by atoms with Crippen molar-refractivity contribution < 1.29 is 4.79 Å². The van der Waals surface area contributed by atoms with Crippen molar-refractivity contribution in [1.29, 1.82) is 0 Å². The maximum Gasteiger partial charge on any atom is 0.225 e. The van der Waals surface area contributed by atoms with E-state index in [9.17, 15) is 4.79 Å².